The highest BCUT2D eigenvalue weighted by atomic mass is 16.5. The van der Waals surface area contributed by atoms with Crippen molar-refractivity contribution < 1.29 is 24.4 Å². The molecule has 104 valence electrons. The van der Waals surface area contributed by atoms with Crippen molar-refractivity contribution in [3.05, 3.63) is 0 Å². The van der Waals surface area contributed by atoms with E-state index in [4.69, 9.17) is 24.4 Å². The summed E-state index contributed by atoms with van der Waals surface area (Å²) in [7, 11) is 0. The van der Waals surface area contributed by atoms with Gasteiger partial charge in [0.05, 0.1) is 45.7 Å². The van der Waals surface area contributed by atoms with Crippen LogP contribution in [-0.2, 0) is 14.2 Å². The van der Waals surface area contributed by atoms with Crippen LogP contribution in [-0.4, -0.2) is 75.7 Å². The first-order valence-electron chi connectivity index (χ1n) is 6.04. The minimum Gasteiger partial charge on any atom is -0.394 e. The van der Waals surface area contributed by atoms with Gasteiger partial charge in [0.2, 0.25) is 0 Å². The van der Waals surface area contributed by atoms with Crippen LogP contribution in [0.1, 0.15) is 6.92 Å². The van der Waals surface area contributed by atoms with Gasteiger partial charge in [-0.25, -0.2) is 0 Å². The van der Waals surface area contributed by atoms with E-state index in [1.165, 1.54) is 0 Å². The molecule has 0 heterocycles. The summed E-state index contributed by atoms with van der Waals surface area (Å²) in [6.07, 6.45) is -0.273. The molecule has 6 nitrogen and oxygen atoms in total. The zero-order valence-electron chi connectivity index (χ0n) is 10.6. The molecule has 0 aromatic heterocycles. The number of rotatable bonds is 13. The largest absolute Gasteiger partial charge is 0.394 e. The lowest BCUT2D eigenvalue weighted by atomic mass is 10.3. The molecule has 0 aliphatic heterocycles. The van der Waals surface area contributed by atoms with E-state index in [-0.39, 0.29) is 25.9 Å². The molecule has 0 radical (unpaired) electrons. The molecule has 0 saturated carbocycles. The summed E-state index contributed by atoms with van der Waals surface area (Å²) in [6.45, 7) is 5.88. The number of nitrogens with one attached hydrogen (secondary N) is 1. The van der Waals surface area contributed by atoms with E-state index in [9.17, 15) is 0 Å². The molecular formula is C11H25NO5. The number of aliphatic hydroxyl groups excluding tert-OH is 2. The highest BCUT2D eigenvalue weighted by Crippen LogP contribution is 1.88. The van der Waals surface area contributed by atoms with Gasteiger partial charge in [0.1, 0.15) is 0 Å². The molecule has 17 heavy (non-hydrogen) atoms. The maximum Gasteiger partial charge on any atom is 0.0930 e. The third kappa shape index (κ3) is 12.0. The van der Waals surface area contributed by atoms with Crippen molar-refractivity contribution >= 4 is 0 Å². The van der Waals surface area contributed by atoms with E-state index < -0.39 is 0 Å². The molecule has 0 rings (SSSR count). The molecule has 0 aliphatic carbocycles. The lowest BCUT2D eigenvalue weighted by Gasteiger charge is -2.15. The molecule has 0 aromatic carbocycles. The molecule has 0 aromatic rings. The molecule has 1 unspecified atom stereocenters. The van der Waals surface area contributed by atoms with Gasteiger partial charge in [0.15, 0.2) is 0 Å². The first-order valence-corrected chi connectivity index (χ1v) is 6.04. The van der Waals surface area contributed by atoms with Gasteiger partial charge in [0.25, 0.3) is 0 Å². The minimum absolute atomic E-state index is 0.0307. The van der Waals surface area contributed by atoms with E-state index in [0.717, 1.165) is 0 Å². The predicted octanol–water partition coefficient (Wildman–Crippen LogP) is -1.00. The van der Waals surface area contributed by atoms with Crippen molar-refractivity contribution in [3.8, 4) is 0 Å². The van der Waals surface area contributed by atoms with E-state index in [0.29, 0.717) is 39.5 Å². The van der Waals surface area contributed by atoms with Crippen LogP contribution in [0.2, 0.25) is 0 Å². The zero-order valence-corrected chi connectivity index (χ0v) is 10.6. The molecule has 6 heteroatoms. The van der Waals surface area contributed by atoms with Crippen molar-refractivity contribution in [2.75, 3.05) is 59.3 Å². The number of hydrogen-bond donors (Lipinski definition) is 3. The molecular weight excluding hydrogens is 226 g/mol. The Morgan fingerprint density at radius 2 is 1.82 bits per heavy atom. The van der Waals surface area contributed by atoms with E-state index in [1.54, 1.807) is 0 Å². The molecule has 0 spiro atoms. The standard InChI is InChI=1S/C11H25NO5/c1-2-15-7-8-16-5-3-12-9-11(10-14)17-6-4-13/h11-14H,2-10H2,1H3. The summed E-state index contributed by atoms with van der Waals surface area (Å²) >= 11 is 0. The summed E-state index contributed by atoms with van der Waals surface area (Å²) in [6, 6.07) is 0. The van der Waals surface area contributed by atoms with Crippen LogP contribution in [0, 0.1) is 0 Å². The molecule has 1 atom stereocenters. The van der Waals surface area contributed by atoms with Gasteiger partial charge in [-0.05, 0) is 6.92 Å². The number of aliphatic hydroxyl groups is 2. The maximum atomic E-state index is 8.96. The maximum absolute atomic E-state index is 8.96. The van der Waals surface area contributed by atoms with Crippen molar-refractivity contribution in [1.82, 2.24) is 5.32 Å². The fourth-order valence-electron chi connectivity index (χ4n) is 1.17. The van der Waals surface area contributed by atoms with Crippen molar-refractivity contribution in [3.63, 3.8) is 0 Å². The van der Waals surface area contributed by atoms with E-state index >= 15 is 0 Å². The summed E-state index contributed by atoms with van der Waals surface area (Å²) in [5.41, 5.74) is 0. The Labute approximate surface area is 103 Å². The Bertz CT molecular complexity index is 148. The molecule has 3 N–H and O–H groups in total. The number of hydrogen-bond acceptors (Lipinski definition) is 6. The second-order valence-corrected chi connectivity index (χ2v) is 3.41. The summed E-state index contributed by atoms with van der Waals surface area (Å²) in [5.74, 6) is 0. The second kappa shape index (κ2) is 13.8. The highest BCUT2D eigenvalue weighted by molar-refractivity contribution is 4.59. The molecule has 0 amide bonds. The Balaban J connectivity index is 3.19. The van der Waals surface area contributed by atoms with Crippen LogP contribution in [0.3, 0.4) is 0 Å². The first kappa shape index (κ1) is 16.8. The van der Waals surface area contributed by atoms with Crippen LogP contribution < -0.4 is 5.32 Å². The lowest BCUT2D eigenvalue weighted by molar-refractivity contribution is -0.00377. The van der Waals surface area contributed by atoms with Crippen LogP contribution in [0.25, 0.3) is 0 Å². The van der Waals surface area contributed by atoms with Gasteiger partial charge in [0, 0.05) is 19.7 Å². The van der Waals surface area contributed by atoms with Crippen LogP contribution in [0.15, 0.2) is 0 Å². The van der Waals surface area contributed by atoms with Gasteiger partial charge in [-0.1, -0.05) is 0 Å². The molecule has 0 fully saturated rings. The van der Waals surface area contributed by atoms with Crippen LogP contribution in [0.4, 0.5) is 0 Å². The van der Waals surface area contributed by atoms with Crippen molar-refractivity contribution in [2.45, 2.75) is 13.0 Å². The van der Waals surface area contributed by atoms with Gasteiger partial charge in [-0.3, -0.25) is 0 Å². The molecule has 0 saturated heterocycles. The quantitative estimate of drug-likeness (QED) is 0.364. The van der Waals surface area contributed by atoms with Gasteiger partial charge in [-0.15, -0.1) is 0 Å². The molecule has 0 aliphatic rings. The predicted molar refractivity (Wildman–Crippen MR) is 64.1 cm³/mol. The van der Waals surface area contributed by atoms with Crippen molar-refractivity contribution in [2.24, 2.45) is 0 Å². The third-order valence-electron chi connectivity index (χ3n) is 2.02. The van der Waals surface area contributed by atoms with Crippen molar-refractivity contribution in [1.29, 1.82) is 0 Å². The normalized spacial score (nSPS) is 12.9. The lowest BCUT2D eigenvalue weighted by Crippen LogP contribution is -2.34. The Morgan fingerprint density at radius 1 is 1.06 bits per heavy atom. The van der Waals surface area contributed by atoms with Gasteiger partial charge in [-0.2, -0.15) is 0 Å². The molecule has 0 bridgehead atoms. The zero-order chi connectivity index (χ0) is 12.8. The topological polar surface area (TPSA) is 80.2 Å². The highest BCUT2D eigenvalue weighted by Gasteiger charge is 2.05. The Kier molecular flexibility index (Phi) is 13.6. The summed E-state index contributed by atoms with van der Waals surface area (Å²) in [5, 5.41) is 20.6. The summed E-state index contributed by atoms with van der Waals surface area (Å²) < 4.78 is 15.6. The first-order chi connectivity index (χ1) is 8.35. The van der Waals surface area contributed by atoms with E-state index in [2.05, 4.69) is 5.32 Å². The summed E-state index contributed by atoms with van der Waals surface area (Å²) in [4.78, 5) is 0. The third-order valence-corrected chi connectivity index (χ3v) is 2.02. The monoisotopic (exact) mass is 251 g/mol. The van der Waals surface area contributed by atoms with Gasteiger partial charge < -0.3 is 29.7 Å². The SMILES string of the molecule is CCOCCOCCNCC(CO)OCCO. The Hall–Kier alpha value is -0.240. The average Bonchev–Trinajstić information content (AvgIpc) is 2.36. The number of ether oxygens (including phenoxy) is 3. The second-order valence-electron chi connectivity index (χ2n) is 3.41. The minimum atomic E-state index is -0.273. The van der Waals surface area contributed by atoms with Crippen LogP contribution >= 0.6 is 0 Å². The fourth-order valence-corrected chi connectivity index (χ4v) is 1.17. The van der Waals surface area contributed by atoms with E-state index in [1.807, 2.05) is 6.92 Å². The Morgan fingerprint density at radius 3 is 2.47 bits per heavy atom. The van der Waals surface area contributed by atoms with Crippen LogP contribution in [0.5, 0.6) is 0 Å². The average molecular weight is 251 g/mol. The smallest absolute Gasteiger partial charge is 0.0930 e. The van der Waals surface area contributed by atoms with Gasteiger partial charge >= 0.3 is 0 Å². The fraction of sp³-hybridized carbons (Fsp3) is 1.00.